The lowest BCUT2D eigenvalue weighted by Crippen LogP contribution is -2.38. The zero-order valence-corrected chi connectivity index (χ0v) is 12.1. The summed E-state index contributed by atoms with van der Waals surface area (Å²) in [5, 5.41) is 3.50. The fourth-order valence-corrected chi connectivity index (χ4v) is 2.79. The summed E-state index contributed by atoms with van der Waals surface area (Å²) >= 11 is 0. The van der Waals surface area contributed by atoms with Gasteiger partial charge in [-0.1, -0.05) is 43.8 Å². The number of nitrogens with one attached hydrogen (secondary N) is 1. The molecule has 1 N–H and O–H groups in total. The molecule has 0 aliphatic carbocycles. The number of benzene rings is 1. The number of hydrogen-bond acceptors (Lipinski definition) is 2. The van der Waals surface area contributed by atoms with Gasteiger partial charge in [-0.3, -0.25) is 4.90 Å². The summed E-state index contributed by atoms with van der Waals surface area (Å²) in [5.74, 6) is 0.803. The molecule has 1 saturated heterocycles. The lowest BCUT2D eigenvalue weighted by Gasteiger charge is -2.30. The van der Waals surface area contributed by atoms with Gasteiger partial charge in [0.15, 0.2) is 0 Å². The van der Waals surface area contributed by atoms with E-state index in [0.717, 1.165) is 19.0 Å². The van der Waals surface area contributed by atoms with Gasteiger partial charge in [0.05, 0.1) is 0 Å². The van der Waals surface area contributed by atoms with Crippen molar-refractivity contribution in [2.75, 3.05) is 32.7 Å². The van der Waals surface area contributed by atoms with E-state index in [1.54, 1.807) is 0 Å². The third-order valence-electron chi connectivity index (χ3n) is 3.96. The molecule has 1 aliphatic heterocycles. The molecule has 1 aromatic rings. The van der Waals surface area contributed by atoms with Crippen LogP contribution in [-0.4, -0.2) is 37.6 Å². The Hall–Kier alpha value is -1.12. The minimum Gasteiger partial charge on any atom is -0.316 e. The monoisotopic (exact) mass is 258 g/mol. The van der Waals surface area contributed by atoms with Crippen molar-refractivity contribution in [3.05, 3.63) is 42.5 Å². The first-order chi connectivity index (χ1) is 9.29. The molecule has 1 fully saturated rings. The van der Waals surface area contributed by atoms with Crippen LogP contribution in [0, 0.1) is 5.92 Å². The number of piperidine rings is 1. The van der Waals surface area contributed by atoms with Gasteiger partial charge in [-0.15, -0.1) is 0 Å². The Bertz CT molecular complexity index is 380. The molecular weight excluding hydrogens is 232 g/mol. The minimum atomic E-state index is 0.803. The van der Waals surface area contributed by atoms with Crippen molar-refractivity contribution in [3.63, 3.8) is 0 Å². The van der Waals surface area contributed by atoms with Crippen LogP contribution < -0.4 is 5.32 Å². The fourth-order valence-electron chi connectivity index (χ4n) is 2.79. The van der Waals surface area contributed by atoms with Gasteiger partial charge in [0.25, 0.3) is 0 Å². The molecule has 2 nitrogen and oxygen atoms in total. The van der Waals surface area contributed by atoms with Gasteiger partial charge in [0, 0.05) is 13.1 Å². The molecule has 1 aliphatic rings. The van der Waals surface area contributed by atoms with Crippen LogP contribution in [0.1, 0.15) is 25.3 Å². The average molecular weight is 258 g/mol. The number of likely N-dealkylation sites (N-methyl/N-ethyl adjacent to an activating group) is 1. The van der Waals surface area contributed by atoms with E-state index >= 15 is 0 Å². The van der Waals surface area contributed by atoms with Gasteiger partial charge in [0.1, 0.15) is 0 Å². The molecule has 0 bridgehead atoms. The van der Waals surface area contributed by atoms with E-state index in [1.165, 1.54) is 43.6 Å². The van der Waals surface area contributed by atoms with Crippen LogP contribution in [0.5, 0.6) is 0 Å². The van der Waals surface area contributed by atoms with Gasteiger partial charge in [-0.2, -0.15) is 0 Å². The molecule has 2 heteroatoms. The lowest BCUT2D eigenvalue weighted by molar-refractivity contribution is 0.236. The maximum Gasteiger partial charge on any atom is 0.0233 e. The van der Waals surface area contributed by atoms with Gasteiger partial charge < -0.3 is 5.32 Å². The largest absolute Gasteiger partial charge is 0.316 e. The molecule has 19 heavy (non-hydrogen) atoms. The Morgan fingerprint density at radius 3 is 2.79 bits per heavy atom. The van der Waals surface area contributed by atoms with Crippen molar-refractivity contribution in [1.29, 1.82) is 0 Å². The SMILES string of the molecule is C=C(CN(CC)CC1CCCNC1)c1ccccc1. The number of hydrogen-bond donors (Lipinski definition) is 1. The van der Waals surface area contributed by atoms with E-state index in [0.29, 0.717) is 0 Å². The Balaban J connectivity index is 1.86. The van der Waals surface area contributed by atoms with Crippen molar-refractivity contribution < 1.29 is 0 Å². The second-order valence-corrected chi connectivity index (χ2v) is 5.51. The van der Waals surface area contributed by atoms with Crippen LogP contribution in [-0.2, 0) is 0 Å². The molecule has 0 spiro atoms. The third kappa shape index (κ3) is 4.48. The van der Waals surface area contributed by atoms with Crippen molar-refractivity contribution in [1.82, 2.24) is 10.2 Å². The highest BCUT2D eigenvalue weighted by Crippen LogP contribution is 2.16. The Morgan fingerprint density at radius 2 is 2.16 bits per heavy atom. The molecule has 1 aromatic carbocycles. The van der Waals surface area contributed by atoms with Crippen molar-refractivity contribution in [2.45, 2.75) is 19.8 Å². The van der Waals surface area contributed by atoms with Crippen LogP contribution in [0.3, 0.4) is 0 Å². The summed E-state index contributed by atoms with van der Waals surface area (Å²) in [7, 11) is 0. The zero-order valence-electron chi connectivity index (χ0n) is 12.1. The molecule has 0 aromatic heterocycles. The predicted molar refractivity (Wildman–Crippen MR) is 83.2 cm³/mol. The van der Waals surface area contributed by atoms with Crippen molar-refractivity contribution in [3.8, 4) is 0 Å². The quantitative estimate of drug-likeness (QED) is 0.844. The van der Waals surface area contributed by atoms with E-state index in [2.05, 4.69) is 54.1 Å². The predicted octanol–water partition coefficient (Wildman–Crippen LogP) is 3.02. The summed E-state index contributed by atoms with van der Waals surface area (Å²) in [6, 6.07) is 10.5. The molecule has 1 atom stereocenters. The summed E-state index contributed by atoms with van der Waals surface area (Å²) in [4.78, 5) is 2.52. The molecule has 0 radical (unpaired) electrons. The lowest BCUT2D eigenvalue weighted by atomic mass is 9.98. The zero-order chi connectivity index (χ0) is 13.5. The van der Waals surface area contributed by atoms with Gasteiger partial charge in [0.2, 0.25) is 0 Å². The highest BCUT2D eigenvalue weighted by atomic mass is 15.1. The average Bonchev–Trinajstić information content (AvgIpc) is 2.48. The van der Waals surface area contributed by atoms with Crippen LogP contribution >= 0.6 is 0 Å². The van der Waals surface area contributed by atoms with E-state index < -0.39 is 0 Å². The molecule has 2 rings (SSSR count). The molecule has 1 unspecified atom stereocenters. The van der Waals surface area contributed by atoms with Gasteiger partial charge in [-0.25, -0.2) is 0 Å². The van der Waals surface area contributed by atoms with E-state index in [-0.39, 0.29) is 0 Å². The smallest absolute Gasteiger partial charge is 0.0233 e. The molecule has 0 amide bonds. The second kappa shape index (κ2) is 7.46. The van der Waals surface area contributed by atoms with E-state index in [1.807, 2.05) is 0 Å². The summed E-state index contributed by atoms with van der Waals surface area (Å²) < 4.78 is 0. The Labute approximate surface area is 117 Å². The summed E-state index contributed by atoms with van der Waals surface area (Å²) in [6.45, 7) is 12.1. The third-order valence-corrected chi connectivity index (χ3v) is 3.96. The van der Waals surface area contributed by atoms with E-state index in [4.69, 9.17) is 0 Å². The first-order valence-electron chi connectivity index (χ1n) is 7.46. The summed E-state index contributed by atoms with van der Waals surface area (Å²) in [5.41, 5.74) is 2.49. The Kier molecular flexibility index (Phi) is 5.62. The molecule has 1 heterocycles. The van der Waals surface area contributed by atoms with Crippen LogP contribution in [0.25, 0.3) is 5.57 Å². The van der Waals surface area contributed by atoms with E-state index in [9.17, 15) is 0 Å². The first kappa shape index (κ1) is 14.3. The van der Waals surface area contributed by atoms with Gasteiger partial charge in [-0.05, 0) is 49.5 Å². The minimum absolute atomic E-state index is 0.803. The Morgan fingerprint density at radius 1 is 1.37 bits per heavy atom. The maximum atomic E-state index is 4.25. The highest BCUT2D eigenvalue weighted by Gasteiger charge is 2.16. The van der Waals surface area contributed by atoms with Crippen molar-refractivity contribution in [2.24, 2.45) is 5.92 Å². The van der Waals surface area contributed by atoms with Crippen molar-refractivity contribution >= 4 is 5.57 Å². The normalized spacial score (nSPS) is 19.6. The van der Waals surface area contributed by atoms with Crippen LogP contribution in [0.4, 0.5) is 0 Å². The maximum absolute atomic E-state index is 4.25. The van der Waals surface area contributed by atoms with Crippen LogP contribution in [0.2, 0.25) is 0 Å². The second-order valence-electron chi connectivity index (χ2n) is 5.51. The molecule has 0 saturated carbocycles. The highest BCUT2D eigenvalue weighted by molar-refractivity contribution is 5.64. The van der Waals surface area contributed by atoms with Crippen LogP contribution in [0.15, 0.2) is 36.9 Å². The number of rotatable bonds is 6. The fraction of sp³-hybridized carbons (Fsp3) is 0.529. The first-order valence-corrected chi connectivity index (χ1v) is 7.46. The summed E-state index contributed by atoms with van der Waals surface area (Å²) in [6.07, 6.45) is 2.68. The molecule has 104 valence electrons. The molecular formula is C17H26N2. The standard InChI is InChI=1S/C17H26N2/c1-3-19(14-16-8-7-11-18-12-16)13-15(2)17-9-5-4-6-10-17/h4-6,9-10,16,18H,2-3,7-8,11-14H2,1H3. The number of nitrogens with zero attached hydrogens (tertiary/aromatic N) is 1. The van der Waals surface area contributed by atoms with Gasteiger partial charge >= 0.3 is 0 Å². The topological polar surface area (TPSA) is 15.3 Å².